The maximum absolute atomic E-state index is 4.84. The van der Waals surface area contributed by atoms with Crippen LogP contribution in [0.5, 0.6) is 0 Å². The lowest BCUT2D eigenvalue weighted by Gasteiger charge is -2.15. The van der Waals surface area contributed by atoms with Crippen LogP contribution in [-0.2, 0) is 5.54 Å². The third kappa shape index (κ3) is 1.90. The standard InChI is InChI=1S/C13H11BrN4S.BrH/c1-13(6-14)7-19-12-16-11-10(17-18(12)13)8-4-2-3-5-9(8)15-11;/h2-5H,6-7H2,1H3;1H. The second-order valence-electron chi connectivity index (χ2n) is 5.09. The number of aromatic amines is 1. The van der Waals surface area contributed by atoms with Crippen molar-refractivity contribution in [3.05, 3.63) is 24.3 Å². The molecule has 0 fully saturated rings. The fourth-order valence-corrected chi connectivity index (χ4v) is 4.30. The van der Waals surface area contributed by atoms with E-state index in [-0.39, 0.29) is 22.5 Å². The van der Waals surface area contributed by atoms with Gasteiger partial charge in [-0.15, -0.1) is 4.68 Å². The number of H-pyrrole nitrogens is 1. The average molecular weight is 416 g/mol. The van der Waals surface area contributed by atoms with E-state index in [1.54, 1.807) is 11.8 Å². The van der Waals surface area contributed by atoms with E-state index in [4.69, 9.17) is 10.1 Å². The Labute approximate surface area is 139 Å². The average Bonchev–Trinajstić information content (AvgIpc) is 2.96. The molecule has 1 aromatic carbocycles. The van der Waals surface area contributed by atoms with Crippen LogP contribution in [0.25, 0.3) is 22.1 Å². The molecule has 1 aliphatic rings. The zero-order chi connectivity index (χ0) is 13.0. The van der Waals surface area contributed by atoms with Gasteiger partial charge in [0.15, 0.2) is 11.1 Å². The molecule has 1 aliphatic heterocycles. The van der Waals surface area contributed by atoms with Crippen molar-refractivity contribution in [2.75, 3.05) is 11.1 Å². The lowest BCUT2D eigenvalue weighted by molar-refractivity contribution is -0.830. The zero-order valence-corrected chi connectivity index (χ0v) is 14.7. The number of hydrogen-bond acceptors (Lipinski definition) is 3. The molecule has 0 radical (unpaired) electrons. The van der Waals surface area contributed by atoms with Gasteiger partial charge in [0.25, 0.3) is 5.65 Å². The van der Waals surface area contributed by atoms with Crippen LogP contribution in [0.2, 0.25) is 0 Å². The highest BCUT2D eigenvalue weighted by molar-refractivity contribution is 9.09. The van der Waals surface area contributed by atoms with Gasteiger partial charge in [-0.3, -0.25) is 0 Å². The molecule has 104 valence electrons. The number of thioether (sulfide) groups is 1. The highest BCUT2D eigenvalue weighted by Crippen LogP contribution is 2.31. The molecule has 7 heteroatoms. The van der Waals surface area contributed by atoms with Crippen LogP contribution >= 0.6 is 27.7 Å². The van der Waals surface area contributed by atoms with Gasteiger partial charge in [-0.1, -0.05) is 39.2 Å². The first-order valence-electron chi connectivity index (χ1n) is 6.11. The summed E-state index contributed by atoms with van der Waals surface area (Å²) in [6.45, 7) is 2.21. The van der Waals surface area contributed by atoms with E-state index in [0.29, 0.717) is 0 Å². The highest BCUT2D eigenvalue weighted by Gasteiger charge is 2.43. The molecule has 3 heterocycles. The number of benzene rings is 1. The van der Waals surface area contributed by atoms with E-state index in [1.807, 2.05) is 12.1 Å². The summed E-state index contributed by atoms with van der Waals surface area (Å²) in [5.74, 6) is 1.00. The minimum Gasteiger partial charge on any atom is -1.00 e. The molecule has 1 unspecified atom stereocenters. The summed E-state index contributed by atoms with van der Waals surface area (Å²) in [5, 5.41) is 7.84. The molecular weight excluding hydrogens is 404 g/mol. The summed E-state index contributed by atoms with van der Waals surface area (Å²) in [6.07, 6.45) is 0. The van der Waals surface area contributed by atoms with E-state index in [9.17, 15) is 0 Å². The Kier molecular flexibility index (Phi) is 3.54. The van der Waals surface area contributed by atoms with Gasteiger partial charge >= 0.3 is 5.16 Å². The number of nitrogens with one attached hydrogen (secondary N) is 1. The Bertz CT molecular complexity index is 804. The Morgan fingerprint density at radius 3 is 3.05 bits per heavy atom. The summed E-state index contributed by atoms with van der Waals surface area (Å²) in [5.41, 5.74) is 2.92. The van der Waals surface area contributed by atoms with Crippen molar-refractivity contribution in [2.24, 2.45) is 0 Å². The van der Waals surface area contributed by atoms with Crippen molar-refractivity contribution in [1.29, 1.82) is 0 Å². The molecule has 0 bridgehead atoms. The van der Waals surface area contributed by atoms with Crippen LogP contribution in [0.1, 0.15) is 6.92 Å². The van der Waals surface area contributed by atoms with Crippen LogP contribution in [0.3, 0.4) is 0 Å². The summed E-state index contributed by atoms with van der Waals surface area (Å²) in [7, 11) is 0. The first kappa shape index (κ1) is 14.3. The predicted molar refractivity (Wildman–Crippen MR) is 79.8 cm³/mol. The Morgan fingerprint density at radius 2 is 2.25 bits per heavy atom. The third-order valence-electron chi connectivity index (χ3n) is 3.56. The van der Waals surface area contributed by atoms with Crippen LogP contribution in [0.15, 0.2) is 29.4 Å². The molecule has 3 aromatic rings. The van der Waals surface area contributed by atoms with E-state index < -0.39 is 0 Å². The summed E-state index contributed by atoms with van der Waals surface area (Å²) >= 11 is 5.36. The molecule has 0 saturated heterocycles. The van der Waals surface area contributed by atoms with Crippen molar-refractivity contribution < 1.29 is 21.7 Å². The predicted octanol–water partition coefficient (Wildman–Crippen LogP) is -0.382. The molecule has 2 aromatic heterocycles. The topological polar surface area (TPSA) is 45.5 Å². The van der Waals surface area contributed by atoms with Gasteiger partial charge in [-0.25, -0.2) is 0 Å². The molecule has 1 atom stereocenters. The van der Waals surface area contributed by atoms with Crippen LogP contribution in [0, 0.1) is 0 Å². The first-order chi connectivity index (χ1) is 9.21. The van der Waals surface area contributed by atoms with Crippen molar-refractivity contribution in [3.63, 3.8) is 0 Å². The number of alkyl halides is 1. The fraction of sp³-hybridized carbons (Fsp3) is 0.308. The van der Waals surface area contributed by atoms with Gasteiger partial charge in [0.1, 0.15) is 0 Å². The number of hydrogen-bond donors (Lipinski definition) is 1. The van der Waals surface area contributed by atoms with E-state index in [1.165, 1.54) is 0 Å². The molecule has 0 amide bonds. The lowest BCUT2D eigenvalue weighted by Crippen LogP contribution is -3.00. The van der Waals surface area contributed by atoms with Gasteiger partial charge in [0.2, 0.25) is 0 Å². The lowest BCUT2D eigenvalue weighted by atomic mass is 10.1. The normalized spacial score (nSPS) is 21.1. The largest absolute Gasteiger partial charge is 1.00 e. The van der Waals surface area contributed by atoms with E-state index in [2.05, 4.69) is 44.7 Å². The minimum absolute atomic E-state index is 0. The second-order valence-corrected chi connectivity index (χ2v) is 6.60. The van der Waals surface area contributed by atoms with Gasteiger partial charge in [0.05, 0.1) is 11.3 Å². The molecular formula is C13H12Br2N4S. The van der Waals surface area contributed by atoms with Gasteiger partial charge < -0.3 is 22.0 Å². The third-order valence-corrected chi connectivity index (χ3v) is 6.06. The molecule has 4 rings (SSSR count). The number of fused-ring (bicyclic) bond motifs is 4. The number of halogens is 2. The molecule has 20 heavy (non-hydrogen) atoms. The van der Waals surface area contributed by atoms with Crippen LogP contribution < -0.4 is 21.7 Å². The van der Waals surface area contributed by atoms with Gasteiger partial charge in [0, 0.05) is 10.7 Å². The smallest absolute Gasteiger partial charge is 0.382 e. The summed E-state index contributed by atoms with van der Waals surface area (Å²) in [6, 6.07) is 8.21. The number of rotatable bonds is 1. The maximum Gasteiger partial charge on any atom is 0.382 e. The van der Waals surface area contributed by atoms with Crippen molar-refractivity contribution in [3.8, 4) is 0 Å². The Morgan fingerprint density at radius 1 is 1.45 bits per heavy atom. The minimum atomic E-state index is -0.000433. The Hall–Kier alpha value is -0.660. The number of para-hydroxylation sites is 1. The van der Waals surface area contributed by atoms with Crippen LogP contribution in [-0.4, -0.2) is 26.1 Å². The summed E-state index contributed by atoms with van der Waals surface area (Å²) in [4.78, 5) is 8.06. The number of aromatic nitrogens is 4. The molecule has 4 nitrogen and oxygen atoms in total. The SMILES string of the molecule is CC1(CBr)CSc2nc3[nH]c4ccccc4c3n[n+]21.[Br-]. The molecule has 0 spiro atoms. The highest BCUT2D eigenvalue weighted by atomic mass is 79.9. The summed E-state index contributed by atoms with van der Waals surface area (Å²) < 4.78 is 2.06. The van der Waals surface area contributed by atoms with Crippen molar-refractivity contribution >= 4 is 49.8 Å². The maximum atomic E-state index is 4.84. The monoisotopic (exact) mass is 414 g/mol. The fourth-order valence-electron chi connectivity index (χ4n) is 2.40. The number of nitrogens with zero attached hydrogens (tertiary/aromatic N) is 3. The van der Waals surface area contributed by atoms with Gasteiger partial charge in [-0.2, -0.15) is 0 Å². The quantitative estimate of drug-likeness (QED) is 0.435. The van der Waals surface area contributed by atoms with E-state index in [0.717, 1.165) is 38.3 Å². The molecule has 0 saturated carbocycles. The molecule has 1 N–H and O–H groups in total. The van der Waals surface area contributed by atoms with Crippen molar-refractivity contribution in [2.45, 2.75) is 17.6 Å². The Balaban J connectivity index is 0.00000121. The van der Waals surface area contributed by atoms with E-state index >= 15 is 0 Å². The van der Waals surface area contributed by atoms with Crippen molar-refractivity contribution in [1.82, 2.24) is 15.1 Å². The second kappa shape index (κ2) is 4.96. The zero-order valence-electron chi connectivity index (χ0n) is 10.7. The van der Waals surface area contributed by atoms with Crippen LogP contribution in [0.4, 0.5) is 0 Å². The molecule has 0 aliphatic carbocycles. The first-order valence-corrected chi connectivity index (χ1v) is 8.22. The van der Waals surface area contributed by atoms with Gasteiger partial charge in [-0.05, 0) is 29.7 Å².